The van der Waals surface area contributed by atoms with Gasteiger partial charge in [-0.2, -0.15) is 9.29 Å². The summed E-state index contributed by atoms with van der Waals surface area (Å²) in [7, 11) is -0.341. The van der Waals surface area contributed by atoms with Gasteiger partial charge in [-0.3, -0.25) is 9.36 Å². The molecule has 2 aliphatic rings. The average Bonchev–Trinajstić information content (AvgIpc) is 3.32. The minimum absolute atomic E-state index is 0.0826. The van der Waals surface area contributed by atoms with Gasteiger partial charge in [-0.15, -0.1) is 0 Å². The van der Waals surface area contributed by atoms with E-state index in [0.717, 1.165) is 5.39 Å². The van der Waals surface area contributed by atoms with Crippen LogP contribution in [0, 0.1) is 11.8 Å². The van der Waals surface area contributed by atoms with E-state index in [1.54, 1.807) is 56.8 Å². The fourth-order valence-electron chi connectivity index (χ4n) is 5.13. The third kappa shape index (κ3) is 4.05. The SMILES string of the molecule is COc1ccc(S(=O)(=O)N2CC3C(C2)C3Nc2ncc3cc(-c4ccccc4Cl)c(=O)n(C)c3n2)cc1. The van der Waals surface area contributed by atoms with Crippen LogP contribution in [-0.2, 0) is 17.1 Å². The predicted octanol–water partition coefficient (Wildman–Crippen LogP) is 3.39. The van der Waals surface area contributed by atoms with Gasteiger partial charge in [0.2, 0.25) is 16.0 Å². The normalized spacial score (nSPS) is 21.1. The van der Waals surface area contributed by atoms with E-state index in [0.29, 0.717) is 46.6 Å². The van der Waals surface area contributed by atoms with Gasteiger partial charge < -0.3 is 10.1 Å². The first-order chi connectivity index (χ1) is 17.8. The maximum atomic E-state index is 13.1. The molecule has 1 aliphatic heterocycles. The summed E-state index contributed by atoms with van der Waals surface area (Å²) in [4.78, 5) is 22.4. The van der Waals surface area contributed by atoms with Crippen LogP contribution in [0.15, 0.2) is 70.5 Å². The highest BCUT2D eigenvalue weighted by molar-refractivity contribution is 7.89. The molecule has 2 aromatic heterocycles. The van der Waals surface area contributed by atoms with E-state index in [-0.39, 0.29) is 28.3 Å². The molecule has 1 saturated heterocycles. The number of sulfonamides is 1. The van der Waals surface area contributed by atoms with Gasteiger partial charge in [0.15, 0.2) is 0 Å². The summed E-state index contributed by atoms with van der Waals surface area (Å²) >= 11 is 6.32. The number of piperidine rings is 1. The maximum absolute atomic E-state index is 13.1. The number of benzene rings is 2. The van der Waals surface area contributed by atoms with Crippen molar-refractivity contribution < 1.29 is 13.2 Å². The first kappa shape index (κ1) is 23.9. The number of rotatable bonds is 6. The summed E-state index contributed by atoms with van der Waals surface area (Å²) < 4.78 is 34.2. The summed E-state index contributed by atoms with van der Waals surface area (Å²) in [6.45, 7) is 0.869. The Bertz CT molecular complexity index is 1680. The molecule has 4 aromatic rings. The molecule has 37 heavy (non-hydrogen) atoms. The molecule has 190 valence electrons. The molecule has 0 radical (unpaired) electrons. The molecule has 9 nitrogen and oxygen atoms in total. The molecule has 0 amide bonds. The van der Waals surface area contributed by atoms with Crippen LogP contribution < -0.4 is 15.6 Å². The lowest BCUT2D eigenvalue weighted by Gasteiger charge is -2.20. The summed E-state index contributed by atoms with van der Waals surface area (Å²) in [6, 6.07) is 15.5. The molecule has 1 N–H and O–H groups in total. The minimum Gasteiger partial charge on any atom is -0.497 e. The smallest absolute Gasteiger partial charge is 0.259 e. The maximum Gasteiger partial charge on any atom is 0.259 e. The summed E-state index contributed by atoms with van der Waals surface area (Å²) in [5, 5.41) is 4.56. The quantitative estimate of drug-likeness (QED) is 0.402. The first-order valence-electron chi connectivity index (χ1n) is 11.8. The van der Waals surface area contributed by atoms with Gasteiger partial charge in [0.1, 0.15) is 11.4 Å². The Morgan fingerprint density at radius 2 is 1.76 bits per heavy atom. The number of fused-ring (bicyclic) bond motifs is 2. The molecule has 0 spiro atoms. The number of anilines is 1. The Hall–Kier alpha value is -3.47. The van der Waals surface area contributed by atoms with Crippen molar-refractivity contribution in [1.29, 1.82) is 0 Å². The number of halogens is 1. The molecule has 0 bridgehead atoms. The largest absolute Gasteiger partial charge is 0.497 e. The molecule has 1 saturated carbocycles. The van der Waals surface area contributed by atoms with E-state index in [9.17, 15) is 13.2 Å². The van der Waals surface area contributed by atoms with Crippen molar-refractivity contribution >= 4 is 38.6 Å². The molecule has 11 heteroatoms. The van der Waals surface area contributed by atoms with E-state index in [2.05, 4.69) is 15.3 Å². The van der Waals surface area contributed by atoms with Gasteiger partial charge in [0.05, 0.1) is 12.0 Å². The fraction of sp³-hybridized carbons (Fsp3) is 0.269. The van der Waals surface area contributed by atoms with Crippen LogP contribution in [0.1, 0.15) is 0 Å². The Kier molecular flexibility index (Phi) is 5.70. The number of hydrogen-bond acceptors (Lipinski definition) is 7. The van der Waals surface area contributed by atoms with Gasteiger partial charge in [-0.25, -0.2) is 13.4 Å². The molecule has 2 aromatic carbocycles. The summed E-state index contributed by atoms with van der Waals surface area (Å²) in [6.07, 6.45) is 1.68. The minimum atomic E-state index is -3.56. The van der Waals surface area contributed by atoms with E-state index in [4.69, 9.17) is 16.3 Å². The zero-order valence-electron chi connectivity index (χ0n) is 20.1. The number of aromatic nitrogens is 3. The van der Waals surface area contributed by atoms with Crippen LogP contribution in [0.4, 0.5) is 5.95 Å². The van der Waals surface area contributed by atoms with Gasteiger partial charge in [0.25, 0.3) is 5.56 Å². The number of ether oxygens (including phenoxy) is 1. The predicted molar refractivity (Wildman–Crippen MR) is 141 cm³/mol. The molecule has 2 unspecified atom stereocenters. The molecular formula is C26H24ClN5O4S. The number of nitrogens with zero attached hydrogens (tertiary/aromatic N) is 4. The molecule has 2 atom stereocenters. The van der Waals surface area contributed by atoms with E-state index in [1.165, 1.54) is 8.87 Å². The van der Waals surface area contributed by atoms with E-state index in [1.807, 2.05) is 18.2 Å². The highest BCUT2D eigenvalue weighted by atomic mass is 35.5. The van der Waals surface area contributed by atoms with Gasteiger partial charge in [-0.1, -0.05) is 29.8 Å². The van der Waals surface area contributed by atoms with Crippen LogP contribution in [0.2, 0.25) is 5.02 Å². The van der Waals surface area contributed by atoms with Crippen LogP contribution in [0.5, 0.6) is 5.75 Å². The number of pyridine rings is 1. The Morgan fingerprint density at radius 3 is 2.43 bits per heavy atom. The Morgan fingerprint density at radius 1 is 1.05 bits per heavy atom. The molecular weight excluding hydrogens is 514 g/mol. The van der Waals surface area contributed by atoms with Crippen molar-refractivity contribution in [2.24, 2.45) is 18.9 Å². The Labute approximate surface area is 218 Å². The topological polar surface area (TPSA) is 106 Å². The van der Waals surface area contributed by atoms with Gasteiger partial charge in [0, 0.05) is 53.9 Å². The van der Waals surface area contributed by atoms with Crippen LogP contribution in [-0.4, -0.2) is 53.5 Å². The second kappa shape index (κ2) is 8.83. The zero-order valence-corrected chi connectivity index (χ0v) is 21.7. The summed E-state index contributed by atoms with van der Waals surface area (Å²) in [5.74, 6) is 1.38. The number of nitrogens with one attached hydrogen (secondary N) is 1. The number of methoxy groups -OCH3 is 1. The standard InChI is InChI=1S/C26H24ClN5O4S/c1-31-24-15(11-19(25(31)33)18-5-3-4-6-22(18)27)12-28-26(30-24)29-23-20-13-32(14-21(20)23)37(34,35)17-9-7-16(36-2)8-10-17/h3-12,20-21,23H,13-14H2,1-2H3,(H,28,29,30). The molecule has 1 aliphatic carbocycles. The van der Waals surface area contributed by atoms with Crippen molar-refractivity contribution in [3.63, 3.8) is 0 Å². The third-order valence-corrected chi connectivity index (χ3v) is 9.44. The van der Waals surface area contributed by atoms with Crippen molar-refractivity contribution in [1.82, 2.24) is 18.8 Å². The number of aryl methyl sites for hydroxylation is 1. The van der Waals surface area contributed by atoms with Crippen LogP contribution in [0.3, 0.4) is 0 Å². The van der Waals surface area contributed by atoms with Gasteiger partial charge >= 0.3 is 0 Å². The Balaban J connectivity index is 1.18. The lowest BCUT2D eigenvalue weighted by molar-refractivity contribution is 0.414. The molecule has 3 heterocycles. The second-order valence-corrected chi connectivity index (χ2v) is 11.7. The second-order valence-electron chi connectivity index (χ2n) is 9.37. The highest BCUT2D eigenvalue weighted by Crippen LogP contribution is 2.48. The molecule has 2 fully saturated rings. The van der Waals surface area contributed by atoms with Crippen molar-refractivity contribution in [3.05, 3.63) is 76.2 Å². The first-order valence-corrected chi connectivity index (χ1v) is 13.6. The van der Waals surface area contributed by atoms with Crippen molar-refractivity contribution in [2.75, 3.05) is 25.5 Å². The monoisotopic (exact) mass is 537 g/mol. The molecule has 6 rings (SSSR count). The van der Waals surface area contributed by atoms with Crippen LogP contribution >= 0.6 is 11.6 Å². The average molecular weight is 538 g/mol. The van der Waals surface area contributed by atoms with E-state index >= 15 is 0 Å². The fourth-order valence-corrected chi connectivity index (χ4v) is 6.89. The lowest BCUT2D eigenvalue weighted by Crippen LogP contribution is -2.33. The zero-order chi connectivity index (χ0) is 25.9. The lowest BCUT2D eigenvalue weighted by atomic mass is 10.1. The number of hydrogen-bond donors (Lipinski definition) is 1. The van der Waals surface area contributed by atoms with E-state index < -0.39 is 10.0 Å². The van der Waals surface area contributed by atoms with Crippen LogP contribution in [0.25, 0.3) is 22.2 Å². The van der Waals surface area contributed by atoms with Crippen molar-refractivity contribution in [3.8, 4) is 16.9 Å². The summed E-state index contributed by atoms with van der Waals surface area (Å²) in [5.41, 5.74) is 1.45. The van der Waals surface area contributed by atoms with Crippen molar-refractivity contribution in [2.45, 2.75) is 10.9 Å². The highest BCUT2D eigenvalue weighted by Gasteiger charge is 2.58. The van der Waals surface area contributed by atoms with Gasteiger partial charge in [-0.05, 0) is 48.2 Å². The third-order valence-electron chi connectivity index (χ3n) is 7.27.